The number of oxime groups is 1. The zero-order valence-electron chi connectivity index (χ0n) is 11.6. The smallest absolute Gasteiger partial charge is 0.238 e. The molecule has 0 unspecified atom stereocenters. The fourth-order valence-corrected chi connectivity index (χ4v) is 3.07. The van der Waals surface area contributed by atoms with Crippen LogP contribution >= 0.6 is 11.8 Å². The van der Waals surface area contributed by atoms with Crippen molar-refractivity contribution in [1.29, 1.82) is 0 Å². The summed E-state index contributed by atoms with van der Waals surface area (Å²) in [7, 11) is 0. The topological polar surface area (TPSA) is 87.7 Å². The van der Waals surface area contributed by atoms with E-state index in [1.807, 2.05) is 37.4 Å². The van der Waals surface area contributed by atoms with Crippen molar-refractivity contribution >= 4 is 29.2 Å². The van der Waals surface area contributed by atoms with Crippen LogP contribution in [0.4, 0.5) is 5.69 Å². The first-order valence-corrected chi connectivity index (χ1v) is 7.68. The summed E-state index contributed by atoms with van der Waals surface area (Å²) in [5, 5.41) is 14.8. The summed E-state index contributed by atoms with van der Waals surface area (Å²) in [6.45, 7) is 2.05. The van der Waals surface area contributed by atoms with Gasteiger partial charge in [-0.15, -0.1) is 11.8 Å². The number of carbonyl (C=O) groups excluding carboxylic acids is 1. The molecule has 0 heterocycles. The quantitative estimate of drug-likeness (QED) is 0.262. The van der Waals surface area contributed by atoms with E-state index in [1.165, 1.54) is 0 Å². The summed E-state index contributed by atoms with van der Waals surface area (Å²) in [6.07, 6.45) is 3.21. The van der Waals surface area contributed by atoms with Gasteiger partial charge in [0.25, 0.3) is 0 Å². The molecule has 2 rings (SSSR count). The summed E-state index contributed by atoms with van der Waals surface area (Å²) in [4.78, 5) is 13.6. The number of thioether (sulfide) groups is 1. The maximum absolute atomic E-state index is 12.4. The van der Waals surface area contributed by atoms with Crippen molar-refractivity contribution < 1.29 is 10.0 Å². The van der Waals surface area contributed by atoms with E-state index in [4.69, 9.17) is 10.9 Å². The summed E-state index contributed by atoms with van der Waals surface area (Å²) in [5.41, 5.74) is 5.56. The molecule has 1 aliphatic rings. The van der Waals surface area contributed by atoms with Crippen molar-refractivity contribution in [3.8, 4) is 0 Å². The molecule has 1 aromatic rings. The summed E-state index contributed by atoms with van der Waals surface area (Å²) >= 11 is 1.64. The average Bonchev–Trinajstić information content (AvgIpc) is 2.43. The van der Waals surface area contributed by atoms with E-state index in [-0.39, 0.29) is 11.7 Å². The highest BCUT2D eigenvalue weighted by molar-refractivity contribution is 7.98. The number of hydrogen-bond acceptors (Lipinski definition) is 4. The van der Waals surface area contributed by atoms with Crippen molar-refractivity contribution in [2.45, 2.75) is 24.7 Å². The minimum atomic E-state index is -0.869. The zero-order chi connectivity index (χ0) is 14.8. The van der Waals surface area contributed by atoms with Crippen molar-refractivity contribution in [3.05, 3.63) is 24.3 Å². The molecule has 0 aromatic heterocycles. The molecule has 4 N–H and O–H groups in total. The molecule has 20 heavy (non-hydrogen) atoms. The number of anilines is 1. The molecule has 1 aromatic carbocycles. The van der Waals surface area contributed by atoms with Crippen LogP contribution in [0, 0.1) is 11.3 Å². The van der Waals surface area contributed by atoms with Gasteiger partial charge in [-0.2, -0.15) is 0 Å². The van der Waals surface area contributed by atoms with Crippen LogP contribution in [-0.2, 0) is 4.79 Å². The first-order valence-electron chi connectivity index (χ1n) is 6.45. The first kappa shape index (κ1) is 14.7. The van der Waals surface area contributed by atoms with Crippen molar-refractivity contribution in [2.75, 3.05) is 11.6 Å². The van der Waals surface area contributed by atoms with Crippen LogP contribution in [0.25, 0.3) is 0 Å². The molecule has 108 valence electrons. The lowest BCUT2D eigenvalue weighted by Gasteiger charge is -2.43. The Bertz CT molecular complexity index is 522. The second kappa shape index (κ2) is 5.75. The highest BCUT2D eigenvalue weighted by Crippen LogP contribution is 2.46. The fourth-order valence-electron chi connectivity index (χ4n) is 2.66. The molecule has 0 aliphatic heterocycles. The van der Waals surface area contributed by atoms with Gasteiger partial charge in [-0.25, -0.2) is 0 Å². The lowest BCUT2D eigenvalue weighted by Crippen LogP contribution is -2.54. The van der Waals surface area contributed by atoms with Crippen LogP contribution in [-0.4, -0.2) is 23.2 Å². The molecule has 1 fully saturated rings. The number of nitrogens with zero attached hydrogens (tertiary/aromatic N) is 1. The minimum Gasteiger partial charge on any atom is -0.409 e. The molecular weight excluding hydrogens is 274 g/mol. The Morgan fingerprint density at radius 2 is 2.05 bits per heavy atom. The lowest BCUT2D eigenvalue weighted by molar-refractivity contribution is -0.127. The third-order valence-corrected chi connectivity index (χ3v) is 4.52. The van der Waals surface area contributed by atoms with E-state index in [2.05, 4.69) is 10.5 Å². The van der Waals surface area contributed by atoms with Gasteiger partial charge in [0.05, 0.1) is 0 Å². The van der Waals surface area contributed by atoms with Crippen LogP contribution in [0.3, 0.4) is 0 Å². The standard InChI is InChI=1S/C14H19N3O2S/c1-9-7-14(8-9,12(15)17-19)13(18)16-10-3-5-11(20-2)6-4-10/h3-6,9,19H,7-8H2,1-2H3,(H2,15,17)(H,16,18). The van der Waals surface area contributed by atoms with E-state index in [0.717, 1.165) is 10.6 Å². The van der Waals surface area contributed by atoms with Crippen molar-refractivity contribution in [2.24, 2.45) is 22.2 Å². The second-order valence-corrected chi connectivity index (χ2v) is 6.14. The van der Waals surface area contributed by atoms with Gasteiger partial charge in [0.15, 0.2) is 5.84 Å². The number of rotatable bonds is 4. The molecule has 0 radical (unpaired) electrons. The maximum Gasteiger partial charge on any atom is 0.238 e. The number of amides is 1. The fraction of sp³-hybridized carbons (Fsp3) is 0.429. The van der Waals surface area contributed by atoms with Gasteiger partial charge in [-0.05, 0) is 49.3 Å². The maximum atomic E-state index is 12.4. The summed E-state index contributed by atoms with van der Waals surface area (Å²) in [5.74, 6) is 0.191. The molecule has 0 saturated heterocycles. The molecular formula is C14H19N3O2S. The van der Waals surface area contributed by atoms with Gasteiger partial charge < -0.3 is 16.3 Å². The number of amidine groups is 1. The highest BCUT2D eigenvalue weighted by atomic mass is 32.2. The van der Waals surface area contributed by atoms with Crippen LogP contribution in [0.1, 0.15) is 19.8 Å². The number of nitrogens with one attached hydrogen (secondary N) is 1. The molecule has 1 saturated carbocycles. The van der Waals surface area contributed by atoms with Crippen LogP contribution < -0.4 is 11.1 Å². The van der Waals surface area contributed by atoms with Crippen molar-refractivity contribution in [1.82, 2.24) is 0 Å². The normalized spacial score (nSPS) is 25.9. The molecule has 5 nitrogen and oxygen atoms in total. The first-order chi connectivity index (χ1) is 9.51. The van der Waals surface area contributed by atoms with E-state index in [1.54, 1.807) is 11.8 Å². The molecule has 1 amide bonds. The average molecular weight is 293 g/mol. The monoisotopic (exact) mass is 293 g/mol. The zero-order valence-corrected chi connectivity index (χ0v) is 12.4. The minimum absolute atomic E-state index is 0.00571. The molecule has 0 spiro atoms. The number of hydrogen-bond donors (Lipinski definition) is 3. The Hall–Kier alpha value is -1.69. The second-order valence-electron chi connectivity index (χ2n) is 5.26. The SMILES string of the molecule is CSc1ccc(NC(=O)C2(/C(N)=N/O)CC(C)C2)cc1. The van der Waals surface area contributed by atoms with Gasteiger partial charge in [-0.3, -0.25) is 4.79 Å². The third kappa shape index (κ3) is 2.60. The van der Waals surface area contributed by atoms with Gasteiger partial charge in [0, 0.05) is 10.6 Å². The predicted octanol–water partition coefficient (Wildman–Crippen LogP) is 2.51. The Balaban J connectivity index is 2.13. The highest BCUT2D eigenvalue weighted by Gasteiger charge is 2.52. The van der Waals surface area contributed by atoms with E-state index in [0.29, 0.717) is 18.8 Å². The van der Waals surface area contributed by atoms with Crippen LogP contribution in [0.2, 0.25) is 0 Å². The third-order valence-electron chi connectivity index (χ3n) is 3.77. The Labute approximate surface area is 122 Å². The number of nitrogens with two attached hydrogens (primary N) is 1. The Kier molecular flexibility index (Phi) is 4.23. The van der Waals surface area contributed by atoms with Crippen molar-refractivity contribution in [3.63, 3.8) is 0 Å². The Morgan fingerprint density at radius 3 is 2.50 bits per heavy atom. The lowest BCUT2D eigenvalue weighted by atomic mass is 9.61. The predicted molar refractivity (Wildman–Crippen MR) is 81.1 cm³/mol. The molecule has 0 bridgehead atoms. The van der Waals surface area contributed by atoms with E-state index in [9.17, 15) is 4.79 Å². The number of carbonyl (C=O) groups is 1. The summed E-state index contributed by atoms with van der Waals surface area (Å²) in [6, 6.07) is 7.59. The molecule has 1 aliphatic carbocycles. The molecule has 6 heteroatoms. The van der Waals surface area contributed by atoms with E-state index < -0.39 is 5.41 Å². The van der Waals surface area contributed by atoms with Gasteiger partial charge >= 0.3 is 0 Å². The van der Waals surface area contributed by atoms with Crippen LogP contribution in [0.15, 0.2) is 34.3 Å². The van der Waals surface area contributed by atoms with Gasteiger partial charge in [0.2, 0.25) is 5.91 Å². The Morgan fingerprint density at radius 1 is 1.45 bits per heavy atom. The summed E-state index contributed by atoms with van der Waals surface area (Å²) < 4.78 is 0. The van der Waals surface area contributed by atoms with E-state index >= 15 is 0 Å². The largest absolute Gasteiger partial charge is 0.409 e. The number of benzene rings is 1. The molecule has 0 atom stereocenters. The van der Waals surface area contributed by atoms with Gasteiger partial charge in [0.1, 0.15) is 5.41 Å². The van der Waals surface area contributed by atoms with Crippen LogP contribution in [0.5, 0.6) is 0 Å². The van der Waals surface area contributed by atoms with Gasteiger partial charge in [-0.1, -0.05) is 12.1 Å².